The van der Waals surface area contributed by atoms with Crippen molar-refractivity contribution < 1.29 is 9.47 Å². The van der Waals surface area contributed by atoms with Crippen molar-refractivity contribution in [2.24, 2.45) is 11.8 Å². The van der Waals surface area contributed by atoms with Crippen LogP contribution in [0.25, 0.3) is 0 Å². The van der Waals surface area contributed by atoms with Gasteiger partial charge in [-0.2, -0.15) is 0 Å². The Labute approximate surface area is 132 Å². The Morgan fingerprint density at radius 2 is 1.86 bits per heavy atom. The minimum atomic E-state index is 0.715. The highest BCUT2D eigenvalue weighted by Crippen LogP contribution is 2.37. The Balaban J connectivity index is 1.70. The summed E-state index contributed by atoms with van der Waals surface area (Å²) in [6.07, 6.45) is 6.03. The van der Waals surface area contributed by atoms with Gasteiger partial charge in [0.15, 0.2) is 11.5 Å². The van der Waals surface area contributed by atoms with Crippen molar-refractivity contribution in [2.75, 3.05) is 26.8 Å². The van der Waals surface area contributed by atoms with Gasteiger partial charge < -0.3 is 14.8 Å². The standard InChI is InChI=1S/C17H24ClNO2/c1-20-16-9-14(8-12-4-6-19-7-5-12)15(18)10-17(16)21-11-13-2-3-13/h9-10,12-13,19H,2-8,11H2,1H3. The molecule has 4 heteroatoms. The Hall–Kier alpha value is -0.930. The molecule has 0 radical (unpaired) electrons. The molecule has 3 nitrogen and oxygen atoms in total. The van der Waals surface area contributed by atoms with Crippen molar-refractivity contribution in [3.63, 3.8) is 0 Å². The van der Waals surface area contributed by atoms with E-state index in [4.69, 9.17) is 21.1 Å². The lowest BCUT2D eigenvalue weighted by molar-refractivity contribution is 0.280. The summed E-state index contributed by atoms with van der Waals surface area (Å²) in [6, 6.07) is 3.99. The van der Waals surface area contributed by atoms with Crippen LogP contribution in [-0.2, 0) is 6.42 Å². The van der Waals surface area contributed by atoms with Crippen molar-refractivity contribution in [1.82, 2.24) is 5.32 Å². The molecule has 1 N–H and O–H groups in total. The molecule has 1 saturated carbocycles. The number of methoxy groups -OCH3 is 1. The zero-order valence-electron chi connectivity index (χ0n) is 12.7. The second-order valence-corrected chi connectivity index (χ2v) is 6.65. The van der Waals surface area contributed by atoms with Gasteiger partial charge in [0.05, 0.1) is 13.7 Å². The van der Waals surface area contributed by atoms with E-state index in [0.717, 1.165) is 48.6 Å². The summed E-state index contributed by atoms with van der Waals surface area (Å²) in [5, 5.41) is 4.21. The van der Waals surface area contributed by atoms with Crippen LogP contribution in [0.4, 0.5) is 0 Å². The molecule has 1 aliphatic carbocycles. The maximum atomic E-state index is 6.46. The van der Waals surface area contributed by atoms with Crippen LogP contribution in [0.1, 0.15) is 31.2 Å². The van der Waals surface area contributed by atoms with Crippen LogP contribution in [0.3, 0.4) is 0 Å². The van der Waals surface area contributed by atoms with Gasteiger partial charge in [0.25, 0.3) is 0 Å². The third-order valence-corrected chi connectivity index (χ3v) is 4.82. The number of rotatable bonds is 6. The molecule has 0 unspecified atom stereocenters. The second kappa shape index (κ2) is 6.89. The molecule has 0 atom stereocenters. The predicted octanol–water partition coefficient (Wildman–Crippen LogP) is 3.68. The van der Waals surface area contributed by atoms with E-state index in [0.29, 0.717) is 5.92 Å². The molecule has 116 valence electrons. The molecule has 21 heavy (non-hydrogen) atoms. The van der Waals surface area contributed by atoms with Crippen LogP contribution >= 0.6 is 11.6 Å². The van der Waals surface area contributed by atoms with Gasteiger partial charge in [-0.3, -0.25) is 0 Å². The lowest BCUT2D eigenvalue weighted by Crippen LogP contribution is -2.28. The maximum absolute atomic E-state index is 6.46. The highest BCUT2D eigenvalue weighted by Gasteiger charge is 2.23. The van der Waals surface area contributed by atoms with E-state index < -0.39 is 0 Å². The minimum absolute atomic E-state index is 0.715. The molecular formula is C17H24ClNO2. The molecule has 1 aromatic rings. The van der Waals surface area contributed by atoms with E-state index in [-0.39, 0.29) is 0 Å². The zero-order valence-corrected chi connectivity index (χ0v) is 13.4. The Morgan fingerprint density at radius 3 is 2.52 bits per heavy atom. The Morgan fingerprint density at radius 1 is 1.10 bits per heavy atom. The van der Waals surface area contributed by atoms with Crippen molar-refractivity contribution >= 4 is 11.6 Å². The van der Waals surface area contributed by atoms with Gasteiger partial charge in [-0.25, -0.2) is 0 Å². The SMILES string of the molecule is COc1cc(CC2CCNCC2)c(Cl)cc1OCC1CC1. The van der Waals surface area contributed by atoms with Gasteiger partial charge in [0.2, 0.25) is 0 Å². The fraction of sp³-hybridized carbons (Fsp3) is 0.647. The molecule has 0 spiro atoms. The molecule has 1 heterocycles. The second-order valence-electron chi connectivity index (χ2n) is 6.25. The van der Waals surface area contributed by atoms with E-state index in [1.807, 2.05) is 6.07 Å². The van der Waals surface area contributed by atoms with E-state index in [1.165, 1.54) is 31.2 Å². The quantitative estimate of drug-likeness (QED) is 0.869. The summed E-state index contributed by atoms with van der Waals surface area (Å²) in [5.41, 5.74) is 1.18. The van der Waals surface area contributed by atoms with E-state index in [2.05, 4.69) is 11.4 Å². The highest BCUT2D eigenvalue weighted by atomic mass is 35.5. The largest absolute Gasteiger partial charge is 0.493 e. The molecule has 3 rings (SSSR count). The highest BCUT2D eigenvalue weighted by molar-refractivity contribution is 6.31. The molecule has 1 aliphatic heterocycles. The first kappa shape index (κ1) is 15.0. The van der Waals surface area contributed by atoms with Crippen molar-refractivity contribution in [3.8, 4) is 11.5 Å². The van der Waals surface area contributed by atoms with Crippen LogP contribution in [0.2, 0.25) is 5.02 Å². The lowest BCUT2D eigenvalue weighted by Gasteiger charge is -2.23. The maximum Gasteiger partial charge on any atom is 0.162 e. The smallest absolute Gasteiger partial charge is 0.162 e. The van der Waals surface area contributed by atoms with Crippen molar-refractivity contribution in [2.45, 2.75) is 32.1 Å². The molecule has 1 saturated heterocycles. The number of hydrogen-bond acceptors (Lipinski definition) is 3. The van der Waals surface area contributed by atoms with Crippen molar-refractivity contribution in [1.29, 1.82) is 0 Å². The van der Waals surface area contributed by atoms with E-state index in [1.54, 1.807) is 7.11 Å². The van der Waals surface area contributed by atoms with Gasteiger partial charge in [-0.1, -0.05) is 11.6 Å². The topological polar surface area (TPSA) is 30.5 Å². The number of ether oxygens (including phenoxy) is 2. The average Bonchev–Trinajstić information content (AvgIpc) is 3.32. The van der Waals surface area contributed by atoms with Crippen molar-refractivity contribution in [3.05, 3.63) is 22.7 Å². The fourth-order valence-corrected chi connectivity index (χ4v) is 3.13. The summed E-state index contributed by atoms with van der Waals surface area (Å²) in [6.45, 7) is 3.00. The monoisotopic (exact) mass is 309 g/mol. The predicted molar refractivity (Wildman–Crippen MR) is 85.5 cm³/mol. The van der Waals surface area contributed by atoms with Gasteiger partial charge in [0.1, 0.15) is 0 Å². The van der Waals surface area contributed by atoms with Crippen LogP contribution in [0, 0.1) is 11.8 Å². The van der Waals surface area contributed by atoms with Gasteiger partial charge >= 0.3 is 0 Å². The molecule has 0 bridgehead atoms. The number of nitrogens with one attached hydrogen (secondary N) is 1. The lowest BCUT2D eigenvalue weighted by atomic mass is 9.91. The Bertz CT molecular complexity index is 482. The molecule has 2 aliphatic rings. The van der Waals surface area contributed by atoms with Gasteiger partial charge in [0, 0.05) is 11.1 Å². The number of halogens is 1. The number of piperidine rings is 1. The average molecular weight is 310 g/mol. The van der Waals surface area contributed by atoms with Crippen LogP contribution in [0.15, 0.2) is 12.1 Å². The summed E-state index contributed by atoms with van der Waals surface area (Å²) in [4.78, 5) is 0. The summed E-state index contributed by atoms with van der Waals surface area (Å²) in [5.74, 6) is 3.03. The van der Waals surface area contributed by atoms with Gasteiger partial charge in [-0.05, 0) is 68.7 Å². The summed E-state index contributed by atoms with van der Waals surface area (Å²) in [7, 11) is 1.70. The third kappa shape index (κ3) is 4.04. The molecule has 0 amide bonds. The summed E-state index contributed by atoms with van der Waals surface area (Å²) < 4.78 is 11.3. The molecule has 1 aromatic carbocycles. The number of hydrogen-bond donors (Lipinski definition) is 1. The molecule has 2 fully saturated rings. The van der Waals surface area contributed by atoms with Crippen LogP contribution < -0.4 is 14.8 Å². The first-order valence-electron chi connectivity index (χ1n) is 7.96. The van der Waals surface area contributed by atoms with Crippen LogP contribution in [0.5, 0.6) is 11.5 Å². The number of benzene rings is 1. The van der Waals surface area contributed by atoms with Crippen LogP contribution in [-0.4, -0.2) is 26.8 Å². The molecular weight excluding hydrogens is 286 g/mol. The first-order chi connectivity index (χ1) is 10.3. The van der Waals surface area contributed by atoms with E-state index >= 15 is 0 Å². The van der Waals surface area contributed by atoms with Gasteiger partial charge in [-0.15, -0.1) is 0 Å². The fourth-order valence-electron chi connectivity index (χ4n) is 2.89. The zero-order chi connectivity index (χ0) is 14.7. The first-order valence-corrected chi connectivity index (χ1v) is 8.34. The normalized spacial score (nSPS) is 19.5. The minimum Gasteiger partial charge on any atom is -0.493 e. The third-order valence-electron chi connectivity index (χ3n) is 4.47. The van der Waals surface area contributed by atoms with E-state index in [9.17, 15) is 0 Å². The molecule has 0 aromatic heterocycles. The summed E-state index contributed by atoms with van der Waals surface area (Å²) >= 11 is 6.46. The Kier molecular flexibility index (Phi) is 4.91.